The van der Waals surface area contributed by atoms with Crippen LogP contribution in [0.15, 0.2) is 97.6 Å². The van der Waals surface area contributed by atoms with Crippen LogP contribution in [-0.2, 0) is 22.7 Å². The predicted molar refractivity (Wildman–Crippen MR) is 105 cm³/mol. The van der Waals surface area contributed by atoms with E-state index in [1.807, 2.05) is 48.5 Å². The fourth-order valence-electron chi connectivity index (χ4n) is 2.69. The summed E-state index contributed by atoms with van der Waals surface area (Å²) in [5.41, 5.74) is 4.39. The molecule has 3 aromatic rings. The molecule has 3 nitrogen and oxygen atoms in total. The fraction of sp³-hybridized carbons (Fsp3) is 0.0870. The average molecular weight is 343 g/mol. The molecule has 0 aromatic heterocycles. The molecule has 3 aromatic carbocycles. The summed E-state index contributed by atoms with van der Waals surface area (Å²) in [5, 5.41) is 0. The predicted octanol–water partition coefficient (Wildman–Crippen LogP) is 5.25. The second kappa shape index (κ2) is 8.67. The summed E-state index contributed by atoms with van der Waals surface area (Å²) in [6.07, 6.45) is 1.17. The van der Waals surface area contributed by atoms with Gasteiger partial charge in [0, 0.05) is 24.0 Å². The third kappa shape index (κ3) is 4.61. The summed E-state index contributed by atoms with van der Waals surface area (Å²) in [7, 11) is 0. The van der Waals surface area contributed by atoms with Gasteiger partial charge in [0.25, 0.3) is 0 Å². The Bertz CT molecular complexity index is 842. The number of carbonyl (C=O) groups excluding carboxylic acids is 1. The van der Waals surface area contributed by atoms with Crippen molar-refractivity contribution >= 4 is 17.3 Å². The monoisotopic (exact) mass is 343 g/mol. The summed E-state index contributed by atoms with van der Waals surface area (Å²) in [5.74, 6) is -0.413. The molecule has 0 atom stereocenters. The summed E-state index contributed by atoms with van der Waals surface area (Å²) >= 11 is 0. The molecule has 0 fully saturated rings. The maximum absolute atomic E-state index is 11.2. The molecule has 26 heavy (non-hydrogen) atoms. The Kier molecular flexibility index (Phi) is 5.84. The zero-order chi connectivity index (χ0) is 18.2. The van der Waals surface area contributed by atoms with E-state index in [-0.39, 0.29) is 6.61 Å². The van der Waals surface area contributed by atoms with E-state index in [9.17, 15) is 4.79 Å². The van der Waals surface area contributed by atoms with E-state index >= 15 is 0 Å². The molecule has 0 unspecified atom stereocenters. The summed E-state index contributed by atoms with van der Waals surface area (Å²) in [6, 6.07) is 28.7. The largest absolute Gasteiger partial charge is 0.458 e. The van der Waals surface area contributed by atoms with Gasteiger partial charge >= 0.3 is 5.97 Å². The topological polar surface area (TPSA) is 29.5 Å². The molecular weight excluding hydrogens is 322 g/mol. The first-order valence-corrected chi connectivity index (χ1v) is 8.51. The second-order valence-electron chi connectivity index (χ2n) is 5.89. The Morgan fingerprint density at radius 1 is 0.808 bits per heavy atom. The molecule has 0 saturated heterocycles. The highest BCUT2D eigenvalue weighted by Crippen LogP contribution is 2.27. The SMILES string of the molecule is C=CC(=O)OCc1ccc(N(Cc2ccccc2)c2ccccc2)cc1. The number of esters is 1. The fourth-order valence-corrected chi connectivity index (χ4v) is 2.69. The van der Waals surface area contributed by atoms with Gasteiger partial charge in [-0.1, -0.05) is 67.2 Å². The summed E-state index contributed by atoms with van der Waals surface area (Å²) in [6.45, 7) is 4.42. The Balaban J connectivity index is 1.82. The van der Waals surface area contributed by atoms with Crippen LogP contribution in [0.5, 0.6) is 0 Å². The minimum absolute atomic E-state index is 0.245. The van der Waals surface area contributed by atoms with E-state index in [1.165, 1.54) is 11.6 Å². The summed E-state index contributed by atoms with van der Waals surface area (Å²) < 4.78 is 5.09. The lowest BCUT2D eigenvalue weighted by Gasteiger charge is -2.25. The minimum Gasteiger partial charge on any atom is -0.458 e. The molecule has 0 aliphatic carbocycles. The van der Waals surface area contributed by atoms with Gasteiger partial charge < -0.3 is 9.64 Å². The molecule has 0 aliphatic heterocycles. The van der Waals surface area contributed by atoms with Crippen LogP contribution in [0.3, 0.4) is 0 Å². The van der Waals surface area contributed by atoms with E-state index in [0.717, 1.165) is 23.5 Å². The number of para-hydroxylation sites is 1. The average Bonchev–Trinajstić information content (AvgIpc) is 2.72. The van der Waals surface area contributed by atoms with Crippen molar-refractivity contribution in [3.05, 3.63) is 109 Å². The van der Waals surface area contributed by atoms with Gasteiger partial charge in [-0.25, -0.2) is 4.79 Å². The number of ether oxygens (including phenoxy) is 1. The molecule has 0 N–H and O–H groups in total. The van der Waals surface area contributed by atoms with Gasteiger partial charge in [-0.05, 0) is 35.4 Å². The van der Waals surface area contributed by atoms with Crippen molar-refractivity contribution in [3.8, 4) is 0 Å². The lowest BCUT2D eigenvalue weighted by atomic mass is 10.1. The number of carbonyl (C=O) groups is 1. The van der Waals surface area contributed by atoms with E-state index in [4.69, 9.17) is 4.74 Å². The lowest BCUT2D eigenvalue weighted by Crippen LogP contribution is -2.16. The highest BCUT2D eigenvalue weighted by molar-refractivity contribution is 5.81. The summed E-state index contributed by atoms with van der Waals surface area (Å²) in [4.78, 5) is 13.5. The maximum Gasteiger partial charge on any atom is 0.330 e. The van der Waals surface area contributed by atoms with Gasteiger partial charge in [-0.2, -0.15) is 0 Å². The van der Waals surface area contributed by atoms with Crippen molar-refractivity contribution in [2.75, 3.05) is 4.90 Å². The molecular formula is C23H21NO2. The molecule has 0 spiro atoms. The normalized spacial score (nSPS) is 10.2. The Morgan fingerprint density at radius 2 is 1.38 bits per heavy atom. The Hall–Kier alpha value is -3.33. The van der Waals surface area contributed by atoms with Crippen molar-refractivity contribution in [1.29, 1.82) is 0 Å². The first-order valence-electron chi connectivity index (χ1n) is 8.51. The third-order valence-electron chi connectivity index (χ3n) is 4.05. The standard InChI is InChI=1S/C23H21NO2/c1-2-23(25)26-18-20-13-15-22(16-14-20)24(21-11-7-4-8-12-21)17-19-9-5-3-6-10-19/h2-16H,1,17-18H2. The van der Waals surface area contributed by atoms with E-state index in [2.05, 4.69) is 47.9 Å². The number of benzene rings is 3. The van der Waals surface area contributed by atoms with Gasteiger partial charge in [-0.15, -0.1) is 0 Å². The molecule has 0 aliphatic rings. The van der Waals surface area contributed by atoms with Crippen molar-refractivity contribution in [2.24, 2.45) is 0 Å². The van der Waals surface area contributed by atoms with Crippen LogP contribution in [0.4, 0.5) is 11.4 Å². The Labute approximate surface area is 154 Å². The number of anilines is 2. The molecule has 3 heteroatoms. The van der Waals surface area contributed by atoms with Gasteiger partial charge in [0.15, 0.2) is 0 Å². The van der Waals surface area contributed by atoms with Crippen LogP contribution in [0.25, 0.3) is 0 Å². The quantitative estimate of drug-likeness (QED) is 0.433. The van der Waals surface area contributed by atoms with Crippen LogP contribution in [0.2, 0.25) is 0 Å². The Morgan fingerprint density at radius 3 is 2.00 bits per heavy atom. The first kappa shape index (κ1) is 17.5. The maximum atomic E-state index is 11.2. The van der Waals surface area contributed by atoms with Crippen LogP contribution in [-0.4, -0.2) is 5.97 Å². The lowest BCUT2D eigenvalue weighted by molar-refractivity contribution is -0.138. The number of hydrogen-bond acceptors (Lipinski definition) is 3. The zero-order valence-corrected chi connectivity index (χ0v) is 14.5. The molecule has 3 rings (SSSR count). The third-order valence-corrected chi connectivity index (χ3v) is 4.05. The van der Waals surface area contributed by atoms with Crippen molar-refractivity contribution < 1.29 is 9.53 Å². The highest BCUT2D eigenvalue weighted by atomic mass is 16.5. The van der Waals surface area contributed by atoms with E-state index in [1.54, 1.807) is 0 Å². The van der Waals surface area contributed by atoms with Crippen LogP contribution in [0, 0.1) is 0 Å². The van der Waals surface area contributed by atoms with Gasteiger partial charge in [0.05, 0.1) is 0 Å². The molecule has 0 radical (unpaired) electrons. The molecule has 0 bridgehead atoms. The van der Waals surface area contributed by atoms with Crippen molar-refractivity contribution in [3.63, 3.8) is 0 Å². The number of rotatable bonds is 7. The number of nitrogens with zero attached hydrogens (tertiary/aromatic N) is 1. The van der Waals surface area contributed by atoms with Crippen molar-refractivity contribution in [1.82, 2.24) is 0 Å². The van der Waals surface area contributed by atoms with Crippen LogP contribution < -0.4 is 4.90 Å². The minimum atomic E-state index is -0.413. The van der Waals surface area contributed by atoms with Gasteiger partial charge in [0.1, 0.15) is 6.61 Å². The smallest absolute Gasteiger partial charge is 0.330 e. The van der Waals surface area contributed by atoms with Crippen LogP contribution >= 0.6 is 0 Å². The van der Waals surface area contributed by atoms with Gasteiger partial charge in [-0.3, -0.25) is 0 Å². The van der Waals surface area contributed by atoms with E-state index < -0.39 is 5.97 Å². The molecule has 0 amide bonds. The van der Waals surface area contributed by atoms with Gasteiger partial charge in [0.2, 0.25) is 0 Å². The second-order valence-corrected chi connectivity index (χ2v) is 5.89. The van der Waals surface area contributed by atoms with Crippen molar-refractivity contribution in [2.45, 2.75) is 13.2 Å². The van der Waals surface area contributed by atoms with Crippen LogP contribution in [0.1, 0.15) is 11.1 Å². The molecule has 0 saturated carbocycles. The van der Waals surface area contributed by atoms with E-state index in [0.29, 0.717) is 0 Å². The molecule has 130 valence electrons. The first-order chi connectivity index (χ1) is 12.8. The molecule has 0 heterocycles. The number of hydrogen-bond donors (Lipinski definition) is 0. The highest BCUT2D eigenvalue weighted by Gasteiger charge is 2.10. The zero-order valence-electron chi connectivity index (χ0n) is 14.5.